The van der Waals surface area contributed by atoms with Crippen LogP contribution in [-0.4, -0.2) is 5.11 Å². The molecular weight excluding hydrogens is 235 g/mol. The predicted molar refractivity (Wildman–Crippen MR) is 54.0 cm³/mol. The molecule has 72 valence electrons. The van der Waals surface area contributed by atoms with Crippen molar-refractivity contribution in [3.05, 3.63) is 34.1 Å². The Bertz CT molecular complexity index is 310. The number of halogens is 2. The van der Waals surface area contributed by atoms with Crippen molar-refractivity contribution in [2.24, 2.45) is 0 Å². The van der Waals surface area contributed by atoms with E-state index in [-0.39, 0.29) is 5.82 Å². The van der Waals surface area contributed by atoms with Crippen molar-refractivity contribution in [2.75, 3.05) is 0 Å². The third-order valence-corrected chi connectivity index (χ3v) is 2.87. The van der Waals surface area contributed by atoms with Crippen LogP contribution in [0.4, 0.5) is 4.39 Å². The quantitative estimate of drug-likeness (QED) is 0.850. The maximum Gasteiger partial charge on any atom is 0.137 e. The zero-order valence-electron chi connectivity index (χ0n) is 7.64. The summed E-state index contributed by atoms with van der Waals surface area (Å²) in [5, 5.41) is 9.83. The Hall–Kier alpha value is -0.410. The van der Waals surface area contributed by atoms with E-state index in [4.69, 9.17) is 0 Å². The molecular formula is C10H12BrFO. The van der Waals surface area contributed by atoms with Crippen molar-refractivity contribution < 1.29 is 9.50 Å². The van der Waals surface area contributed by atoms with Crippen LogP contribution in [0.15, 0.2) is 22.7 Å². The van der Waals surface area contributed by atoms with Gasteiger partial charge in [-0.1, -0.05) is 13.0 Å². The minimum Gasteiger partial charge on any atom is -0.385 e. The SMILES string of the molecule is CCC(C)(O)c1ccc(Br)c(F)c1. The minimum atomic E-state index is -0.943. The molecule has 0 radical (unpaired) electrons. The van der Waals surface area contributed by atoms with Crippen molar-refractivity contribution in [3.8, 4) is 0 Å². The van der Waals surface area contributed by atoms with Crippen LogP contribution in [0.5, 0.6) is 0 Å². The summed E-state index contributed by atoms with van der Waals surface area (Å²) in [5.74, 6) is -0.341. The van der Waals surface area contributed by atoms with Gasteiger partial charge < -0.3 is 5.11 Å². The van der Waals surface area contributed by atoms with E-state index >= 15 is 0 Å². The minimum absolute atomic E-state index is 0.341. The second kappa shape index (κ2) is 3.76. The number of benzene rings is 1. The van der Waals surface area contributed by atoms with Gasteiger partial charge in [-0.15, -0.1) is 0 Å². The Morgan fingerprint density at radius 3 is 2.62 bits per heavy atom. The van der Waals surface area contributed by atoms with Gasteiger partial charge in [-0.3, -0.25) is 0 Å². The van der Waals surface area contributed by atoms with E-state index in [9.17, 15) is 9.50 Å². The molecule has 0 aromatic heterocycles. The molecule has 0 spiro atoms. The number of aliphatic hydroxyl groups is 1. The summed E-state index contributed by atoms with van der Waals surface area (Å²) in [6, 6.07) is 4.68. The van der Waals surface area contributed by atoms with Crippen molar-refractivity contribution in [2.45, 2.75) is 25.9 Å². The molecule has 0 aliphatic rings. The summed E-state index contributed by atoms with van der Waals surface area (Å²) >= 11 is 3.06. The number of rotatable bonds is 2. The Kier molecular flexibility index (Phi) is 3.09. The molecule has 0 aliphatic heterocycles. The van der Waals surface area contributed by atoms with Crippen LogP contribution in [0.2, 0.25) is 0 Å². The van der Waals surface area contributed by atoms with E-state index in [1.807, 2.05) is 6.92 Å². The van der Waals surface area contributed by atoms with Crippen molar-refractivity contribution in [1.29, 1.82) is 0 Å². The maximum absolute atomic E-state index is 13.1. The summed E-state index contributed by atoms with van der Waals surface area (Å²) in [7, 11) is 0. The Balaban J connectivity index is 3.10. The van der Waals surface area contributed by atoms with Gasteiger partial charge in [0, 0.05) is 0 Å². The first-order valence-electron chi connectivity index (χ1n) is 4.15. The van der Waals surface area contributed by atoms with Gasteiger partial charge in [0.25, 0.3) is 0 Å². The van der Waals surface area contributed by atoms with Gasteiger partial charge in [0.05, 0.1) is 10.1 Å². The third kappa shape index (κ3) is 2.29. The number of hydrogen-bond donors (Lipinski definition) is 1. The lowest BCUT2D eigenvalue weighted by molar-refractivity contribution is 0.0527. The van der Waals surface area contributed by atoms with E-state index < -0.39 is 5.60 Å². The van der Waals surface area contributed by atoms with Gasteiger partial charge in [0.15, 0.2) is 0 Å². The van der Waals surface area contributed by atoms with Crippen LogP contribution < -0.4 is 0 Å². The van der Waals surface area contributed by atoms with E-state index in [1.165, 1.54) is 6.07 Å². The highest BCUT2D eigenvalue weighted by Crippen LogP contribution is 2.27. The lowest BCUT2D eigenvalue weighted by Gasteiger charge is -2.21. The molecule has 0 aliphatic carbocycles. The third-order valence-electron chi connectivity index (χ3n) is 2.23. The molecule has 0 saturated carbocycles. The fourth-order valence-electron chi connectivity index (χ4n) is 1.04. The topological polar surface area (TPSA) is 20.2 Å². The standard InChI is InChI=1S/C10H12BrFO/c1-3-10(2,13)7-4-5-8(11)9(12)6-7/h4-6,13H,3H2,1-2H3. The first-order chi connectivity index (χ1) is 5.97. The smallest absolute Gasteiger partial charge is 0.137 e. The first-order valence-corrected chi connectivity index (χ1v) is 4.94. The second-order valence-corrected chi connectivity index (χ2v) is 4.11. The molecule has 0 saturated heterocycles. The van der Waals surface area contributed by atoms with Gasteiger partial charge in [-0.05, 0) is 47.0 Å². The Labute approximate surface area is 85.7 Å². The predicted octanol–water partition coefficient (Wildman–Crippen LogP) is 3.21. The molecule has 1 unspecified atom stereocenters. The summed E-state index contributed by atoms with van der Waals surface area (Å²) in [4.78, 5) is 0. The molecule has 0 heterocycles. The monoisotopic (exact) mass is 246 g/mol. The van der Waals surface area contributed by atoms with E-state index in [2.05, 4.69) is 15.9 Å². The largest absolute Gasteiger partial charge is 0.385 e. The fraction of sp³-hybridized carbons (Fsp3) is 0.400. The zero-order valence-corrected chi connectivity index (χ0v) is 9.23. The van der Waals surface area contributed by atoms with Crippen LogP contribution in [0.3, 0.4) is 0 Å². The van der Waals surface area contributed by atoms with Crippen LogP contribution in [-0.2, 0) is 5.60 Å². The van der Waals surface area contributed by atoms with Crippen LogP contribution in [0, 0.1) is 5.82 Å². The molecule has 1 aromatic carbocycles. The normalized spacial score (nSPS) is 15.5. The lowest BCUT2D eigenvalue weighted by atomic mass is 9.93. The van der Waals surface area contributed by atoms with Gasteiger partial charge in [-0.25, -0.2) is 4.39 Å². The number of hydrogen-bond acceptors (Lipinski definition) is 1. The van der Waals surface area contributed by atoms with Gasteiger partial charge in [0.1, 0.15) is 5.82 Å². The molecule has 1 atom stereocenters. The van der Waals surface area contributed by atoms with Crippen molar-refractivity contribution in [3.63, 3.8) is 0 Å². The van der Waals surface area contributed by atoms with Gasteiger partial charge in [0.2, 0.25) is 0 Å². The fourth-order valence-corrected chi connectivity index (χ4v) is 1.28. The van der Waals surface area contributed by atoms with E-state index in [0.29, 0.717) is 16.5 Å². The zero-order chi connectivity index (χ0) is 10.1. The highest BCUT2D eigenvalue weighted by molar-refractivity contribution is 9.10. The molecule has 0 bridgehead atoms. The van der Waals surface area contributed by atoms with E-state index in [0.717, 1.165) is 0 Å². The summed E-state index contributed by atoms with van der Waals surface area (Å²) < 4.78 is 13.5. The van der Waals surface area contributed by atoms with Gasteiger partial charge in [-0.2, -0.15) is 0 Å². The molecule has 1 nitrogen and oxygen atoms in total. The summed E-state index contributed by atoms with van der Waals surface area (Å²) in [6.45, 7) is 3.54. The molecule has 0 fully saturated rings. The molecule has 1 N–H and O–H groups in total. The van der Waals surface area contributed by atoms with Crippen LogP contribution in [0.1, 0.15) is 25.8 Å². The average Bonchev–Trinajstić information content (AvgIpc) is 2.09. The average molecular weight is 247 g/mol. The molecule has 1 aromatic rings. The van der Waals surface area contributed by atoms with Crippen LogP contribution in [0.25, 0.3) is 0 Å². The van der Waals surface area contributed by atoms with Gasteiger partial charge >= 0.3 is 0 Å². The first kappa shape index (κ1) is 10.7. The molecule has 0 amide bonds. The molecule has 3 heteroatoms. The maximum atomic E-state index is 13.1. The second-order valence-electron chi connectivity index (χ2n) is 3.26. The summed E-state index contributed by atoms with van der Waals surface area (Å²) in [5.41, 5.74) is -0.336. The Morgan fingerprint density at radius 2 is 2.15 bits per heavy atom. The van der Waals surface area contributed by atoms with Crippen molar-refractivity contribution >= 4 is 15.9 Å². The van der Waals surface area contributed by atoms with Crippen molar-refractivity contribution in [1.82, 2.24) is 0 Å². The molecule has 13 heavy (non-hydrogen) atoms. The molecule has 1 rings (SSSR count). The summed E-state index contributed by atoms with van der Waals surface area (Å²) in [6.07, 6.45) is 0.564. The lowest BCUT2D eigenvalue weighted by Crippen LogP contribution is -2.19. The highest BCUT2D eigenvalue weighted by atomic mass is 79.9. The highest BCUT2D eigenvalue weighted by Gasteiger charge is 2.21. The van der Waals surface area contributed by atoms with E-state index in [1.54, 1.807) is 19.1 Å². The van der Waals surface area contributed by atoms with Crippen LogP contribution >= 0.6 is 15.9 Å². The Morgan fingerprint density at radius 1 is 1.54 bits per heavy atom.